The maximum atomic E-state index is 10.3. The lowest BCUT2D eigenvalue weighted by molar-refractivity contribution is -0.310. The minimum Gasteiger partial charge on any atom is -0.548 e. The number of nitrogens with zero attached hydrogens (tertiary/aromatic N) is 1. The van der Waals surface area contributed by atoms with Crippen LogP contribution in [-0.4, -0.2) is 30.0 Å². The van der Waals surface area contributed by atoms with Crippen LogP contribution >= 0.6 is 0 Å². The molecule has 0 saturated carbocycles. The van der Waals surface area contributed by atoms with E-state index in [1.807, 2.05) is 0 Å². The fraction of sp³-hybridized carbons (Fsp3) is 0.600. The van der Waals surface area contributed by atoms with Gasteiger partial charge < -0.3 is 20.5 Å². The van der Waals surface area contributed by atoms with Crippen LogP contribution in [0.15, 0.2) is 0 Å². The summed E-state index contributed by atoms with van der Waals surface area (Å²) in [4.78, 5) is 21.3. The molecule has 0 rings (SSSR count). The molecule has 0 heterocycles. The van der Waals surface area contributed by atoms with Crippen molar-refractivity contribution < 1.29 is 14.7 Å². The highest BCUT2D eigenvalue weighted by molar-refractivity contribution is 5.79. The van der Waals surface area contributed by atoms with Crippen molar-refractivity contribution in [2.24, 2.45) is 5.73 Å². The third-order valence-corrected chi connectivity index (χ3v) is 1.27. The van der Waals surface area contributed by atoms with Gasteiger partial charge in [-0.05, 0) is 6.92 Å². The van der Waals surface area contributed by atoms with Gasteiger partial charge in [0.05, 0.1) is 12.0 Å². The molecule has 0 aliphatic heterocycles. The highest BCUT2D eigenvalue weighted by atomic mass is 16.4. The van der Waals surface area contributed by atoms with Gasteiger partial charge in [0.25, 0.3) is 0 Å². The molecule has 5 nitrogen and oxygen atoms in total. The molecule has 5 heteroatoms. The predicted octanol–water partition coefficient (Wildman–Crippen LogP) is -1.86. The van der Waals surface area contributed by atoms with E-state index in [4.69, 9.17) is 5.73 Å². The second kappa shape index (κ2) is 3.05. The van der Waals surface area contributed by atoms with Crippen molar-refractivity contribution in [3.05, 3.63) is 0 Å². The molecular formula is C5H9N2O3-. The number of urea groups is 1. The molecular weight excluding hydrogens is 136 g/mol. The number of nitrogens with two attached hydrogens (primary N) is 1. The molecule has 2 N–H and O–H groups in total. The Hall–Kier alpha value is -1.26. The summed E-state index contributed by atoms with van der Waals surface area (Å²) in [6.07, 6.45) is 0. The topological polar surface area (TPSA) is 86.5 Å². The van der Waals surface area contributed by atoms with Gasteiger partial charge in [-0.25, -0.2) is 4.79 Å². The maximum absolute atomic E-state index is 10.3. The summed E-state index contributed by atoms with van der Waals surface area (Å²) in [6, 6.07) is -1.76. The fourth-order valence-corrected chi connectivity index (χ4v) is 0.349. The van der Waals surface area contributed by atoms with Gasteiger partial charge in [-0.15, -0.1) is 0 Å². The van der Waals surface area contributed by atoms with Crippen LogP contribution in [0, 0.1) is 0 Å². The Kier molecular flexibility index (Phi) is 2.66. The Morgan fingerprint density at radius 2 is 2.00 bits per heavy atom. The van der Waals surface area contributed by atoms with E-state index in [1.165, 1.54) is 14.0 Å². The number of carbonyl (C=O) groups excluding carboxylic acids is 2. The maximum Gasteiger partial charge on any atom is 0.315 e. The Labute approximate surface area is 58.4 Å². The molecule has 1 atom stereocenters. The van der Waals surface area contributed by atoms with E-state index >= 15 is 0 Å². The van der Waals surface area contributed by atoms with Crippen molar-refractivity contribution in [2.45, 2.75) is 13.0 Å². The van der Waals surface area contributed by atoms with Crippen LogP contribution in [0.25, 0.3) is 0 Å². The van der Waals surface area contributed by atoms with Gasteiger partial charge in [0.15, 0.2) is 0 Å². The molecule has 58 valence electrons. The summed E-state index contributed by atoms with van der Waals surface area (Å²) in [5, 5.41) is 10.1. The van der Waals surface area contributed by atoms with Crippen LogP contribution in [0.1, 0.15) is 6.92 Å². The van der Waals surface area contributed by atoms with Crippen molar-refractivity contribution in [1.82, 2.24) is 4.90 Å². The number of carboxylic acid groups (broad SMARTS) is 1. The first-order valence-corrected chi connectivity index (χ1v) is 2.70. The van der Waals surface area contributed by atoms with Crippen LogP contribution in [0.3, 0.4) is 0 Å². The molecule has 0 aliphatic carbocycles. The molecule has 0 spiro atoms. The van der Waals surface area contributed by atoms with Gasteiger partial charge in [0.2, 0.25) is 0 Å². The molecule has 0 radical (unpaired) electrons. The highest BCUT2D eigenvalue weighted by Gasteiger charge is 2.12. The molecule has 0 aliphatic rings. The average Bonchev–Trinajstić information content (AvgIpc) is 1.84. The first kappa shape index (κ1) is 8.74. The molecule has 1 unspecified atom stereocenters. The Balaban J connectivity index is 4.07. The van der Waals surface area contributed by atoms with Gasteiger partial charge in [0.1, 0.15) is 0 Å². The lowest BCUT2D eigenvalue weighted by Crippen LogP contribution is -2.48. The fourth-order valence-electron chi connectivity index (χ4n) is 0.349. The van der Waals surface area contributed by atoms with Gasteiger partial charge >= 0.3 is 6.03 Å². The molecule has 0 fully saturated rings. The monoisotopic (exact) mass is 145 g/mol. The zero-order valence-electron chi connectivity index (χ0n) is 5.83. The Morgan fingerprint density at radius 1 is 1.60 bits per heavy atom. The third kappa shape index (κ3) is 1.93. The van der Waals surface area contributed by atoms with Gasteiger partial charge in [-0.3, -0.25) is 0 Å². The number of rotatable bonds is 2. The minimum absolute atomic E-state index is 0.781. The summed E-state index contributed by atoms with van der Waals surface area (Å²) in [5.41, 5.74) is 4.77. The molecule has 2 amide bonds. The molecule has 0 aromatic carbocycles. The van der Waals surface area contributed by atoms with Gasteiger partial charge in [-0.2, -0.15) is 0 Å². The summed E-state index contributed by atoms with van der Waals surface area (Å²) in [7, 11) is 1.29. The second-order valence-electron chi connectivity index (χ2n) is 1.94. The quantitative estimate of drug-likeness (QED) is 0.494. The summed E-state index contributed by atoms with van der Waals surface area (Å²) < 4.78 is 0. The summed E-state index contributed by atoms with van der Waals surface area (Å²) >= 11 is 0. The van der Waals surface area contributed by atoms with Crippen LogP contribution < -0.4 is 10.8 Å². The van der Waals surface area contributed by atoms with Crippen molar-refractivity contribution in [3.63, 3.8) is 0 Å². The Bertz CT molecular complexity index is 139. The SMILES string of the molecule is CC(C(=O)[O-])N(C)C(N)=O. The number of aliphatic carboxylic acids is 1. The van der Waals surface area contributed by atoms with E-state index in [0.717, 1.165) is 4.90 Å². The normalized spacial score (nSPS) is 12.2. The van der Waals surface area contributed by atoms with E-state index in [1.54, 1.807) is 0 Å². The largest absolute Gasteiger partial charge is 0.548 e. The first-order valence-electron chi connectivity index (χ1n) is 2.70. The van der Waals surface area contributed by atoms with E-state index in [9.17, 15) is 14.7 Å². The summed E-state index contributed by atoms with van der Waals surface area (Å²) in [5.74, 6) is -1.32. The summed E-state index contributed by atoms with van der Waals surface area (Å²) in [6.45, 7) is 1.32. The number of hydrogen-bond acceptors (Lipinski definition) is 3. The van der Waals surface area contributed by atoms with Crippen molar-refractivity contribution >= 4 is 12.0 Å². The van der Waals surface area contributed by atoms with E-state index in [-0.39, 0.29) is 0 Å². The predicted molar refractivity (Wildman–Crippen MR) is 31.8 cm³/mol. The molecule has 0 saturated heterocycles. The van der Waals surface area contributed by atoms with E-state index in [0.29, 0.717) is 0 Å². The lowest BCUT2D eigenvalue weighted by Gasteiger charge is -2.23. The molecule has 0 aromatic rings. The van der Waals surface area contributed by atoms with Crippen molar-refractivity contribution in [2.75, 3.05) is 7.05 Å². The first-order chi connectivity index (χ1) is 4.46. The zero-order valence-corrected chi connectivity index (χ0v) is 5.83. The number of likely N-dealkylation sites (N-methyl/N-ethyl adjacent to an activating group) is 1. The van der Waals surface area contributed by atoms with Gasteiger partial charge in [-0.1, -0.05) is 0 Å². The average molecular weight is 145 g/mol. The Morgan fingerprint density at radius 3 is 2.10 bits per heavy atom. The number of carboxylic acids is 1. The van der Waals surface area contributed by atoms with Crippen LogP contribution in [0.4, 0.5) is 4.79 Å². The number of primary amides is 1. The number of carbonyl (C=O) groups is 2. The molecule has 10 heavy (non-hydrogen) atoms. The number of hydrogen-bond donors (Lipinski definition) is 1. The van der Waals surface area contributed by atoms with Crippen LogP contribution in [-0.2, 0) is 4.79 Å². The van der Waals surface area contributed by atoms with Crippen molar-refractivity contribution in [3.8, 4) is 0 Å². The standard InChI is InChI=1S/C5H10N2O3/c1-3(4(8)9)7(2)5(6)10/h3H,1-2H3,(H2,6,10)(H,8,9)/p-1. The van der Waals surface area contributed by atoms with Crippen LogP contribution in [0.5, 0.6) is 0 Å². The van der Waals surface area contributed by atoms with E-state index in [2.05, 4.69) is 0 Å². The second-order valence-corrected chi connectivity index (χ2v) is 1.94. The highest BCUT2D eigenvalue weighted by Crippen LogP contribution is 1.91. The lowest BCUT2D eigenvalue weighted by atomic mass is 10.3. The smallest absolute Gasteiger partial charge is 0.315 e. The van der Waals surface area contributed by atoms with Gasteiger partial charge in [0, 0.05) is 7.05 Å². The number of amides is 2. The third-order valence-electron chi connectivity index (χ3n) is 1.27. The van der Waals surface area contributed by atoms with Crippen molar-refractivity contribution in [1.29, 1.82) is 0 Å². The zero-order chi connectivity index (χ0) is 8.31. The van der Waals surface area contributed by atoms with E-state index < -0.39 is 18.0 Å². The van der Waals surface area contributed by atoms with Crippen LogP contribution in [0.2, 0.25) is 0 Å². The molecule has 0 aromatic heterocycles. The molecule has 0 bridgehead atoms. The minimum atomic E-state index is -1.32.